The fourth-order valence-electron chi connectivity index (χ4n) is 7.10. The van der Waals surface area contributed by atoms with Gasteiger partial charge in [-0.15, -0.1) is 0 Å². The molecule has 0 radical (unpaired) electrons. The van der Waals surface area contributed by atoms with E-state index in [1.165, 1.54) is 0 Å². The van der Waals surface area contributed by atoms with Crippen molar-refractivity contribution in [1.29, 1.82) is 0 Å². The van der Waals surface area contributed by atoms with E-state index in [-0.39, 0.29) is 80.4 Å². The molecule has 51 heavy (non-hydrogen) atoms. The first-order chi connectivity index (χ1) is 29.1. The Kier molecular flexibility index (Phi) is 4.98. The molecule has 0 amide bonds. The maximum Gasteiger partial charge on any atom is 0.0788 e. The van der Waals surface area contributed by atoms with Crippen molar-refractivity contribution in [2.24, 2.45) is 0 Å². The lowest BCUT2D eigenvalue weighted by Gasteiger charge is -2.25. The molecule has 0 bridgehead atoms. The van der Waals surface area contributed by atoms with Crippen LogP contribution in [0.4, 0.5) is 17.1 Å². The first kappa shape index (κ1) is 21.3. The summed E-state index contributed by atoms with van der Waals surface area (Å²) < 4.78 is 87.4. The third kappa shape index (κ3) is 4.74. The monoisotopic (exact) mass is 660 g/mol. The molecule has 10 rings (SSSR count). The average Bonchev–Trinajstić information content (AvgIpc) is 3.83. The van der Waals surface area contributed by atoms with E-state index >= 15 is 0 Å². The minimum atomic E-state index is -0.467. The zero-order valence-corrected chi connectivity index (χ0v) is 27.2. The van der Waals surface area contributed by atoms with Crippen LogP contribution >= 0.6 is 0 Å². The summed E-state index contributed by atoms with van der Waals surface area (Å²) in [7, 11) is 0. The summed E-state index contributed by atoms with van der Waals surface area (Å²) in [4.78, 5) is 2.11. The third-order valence-electron chi connectivity index (χ3n) is 9.34. The molecule has 0 saturated carbocycles. The van der Waals surface area contributed by atoms with Gasteiger partial charge in [0.2, 0.25) is 0 Å². The second-order valence-corrected chi connectivity index (χ2v) is 12.3. The van der Waals surface area contributed by atoms with Crippen LogP contribution < -0.4 is 4.90 Å². The molecule has 0 spiro atoms. The lowest BCUT2D eigenvalue weighted by Crippen LogP contribution is -2.09. The van der Waals surface area contributed by atoms with E-state index in [0.717, 1.165) is 17.1 Å². The van der Waals surface area contributed by atoms with Gasteiger partial charge in [-0.2, -0.15) is 0 Å². The van der Waals surface area contributed by atoms with Gasteiger partial charge in [-0.05, 0) is 83.9 Å². The Balaban J connectivity index is 1.40. The van der Waals surface area contributed by atoms with E-state index < -0.39 is 12.1 Å². The van der Waals surface area contributed by atoms with Gasteiger partial charge in [-0.1, -0.05) is 127 Å². The fourth-order valence-corrected chi connectivity index (χ4v) is 7.10. The van der Waals surface area contributed by atoms with E-state index in [4.69, 9.17) is 2.74 Å². The molecule has 0 fully saturated rings. The predicted octanol–water partition coefficient (Wildman–Crippen LogP) is 13.0. The topological polar surface area (TPSA) is 13.1 Å². The second-order valence-electron chi connectivity index (χ2n) is 12.3. The largest absolute Gasteiger partial charge is 0.311 e. The van der Waals surface area contributed by atoms with E-state index in [9.17, 15) is 9.60 Å². The Morgan fingerprint density at radius 2 is 0.843 bits per heavy atom. The van der Waals surface area contributed by atoms with Crippen molar-refractivity contribution in [1.82, 2.24) is 9.13 Å². The Morgan fingerprint density at radius 3 is 1.47 bits per heavy atom. The summed E-state index contributed by atoms with van der Waals surface area (Å²) in [5.74, 6) is 0. The molecule has 0 aliphatic rings. The summed E-state index contributed by atoms with van der Waals surface area (Å²) in [6, 6.07) is 43.2. The highest BCUT2D eigenvalue weighted by Gasteiger charge is 2.22. The van der Waals surface area contributed by atoms with Crippen LogP contribution in [0.1, 0.15) is 12.3 Å². The molecular weight excluding hydrogens is 619 g/mol. The standard InChI is InChI=1S/C48H33N3/c1-5-15-34(16-6-1)35-25-30-42-44-32-31-43-41-23-13-14-24-45(41)50(47(43)48(44)51(46(42)33-35)38-21-11-4-12-22-38)40-28-26-39(27-29-40)49(36-17-7-2-8-18-36)37-19-9-3-10-20-37/h1-33H/i13D,14D,23D,24D,25D,30D,31D,32D,33D. The van der Waals surface area contributed by atoms with Gasteiger partial charge < -0.3 is 14.0 Å². The number of benzene rings is 8. The van der Waals surface area contributed by atoms with Crippen LogP contribution in [0, 0.1) is 0 Å². The van der Waals surface area contributed by atoms with Crippen LogP contribution in [0.3, 0.4) is 0 Å². The average molecular weight is 661 g/mol. The van der Waals surface area contributed by atoms with E-state index in [2.05, 4.69) is 4.90 Å². The molecule has 0 aliphatic carbocycles. The lowest BCUT2D eigenvalue weighted by molar-refractivity contribution is 1.15. The zero-order chi connectivity index (χ0) is 41.6. The third-order valence-corrected chi connectivity index (χ3v) is 9.34. The quantitative estimate of drug-likeness (QED) is 0.173. The Morgan fingerprint density at radius 1 is 0.373 bits per heavy atom. The molecule has 3 nitrogen and oxygen atoms in total. The molecule has 0 atom stereocenters. The van der Waals surface area contributed by atoms with Crippen molar-refractivity contribution in [3.8, 4) is 22.5 Å². The normalized spacial score (nSPS) is 14.0. The molecule has 0 N–H and O–H groups in total. The molecule has 0 saturated heterocycles. The van der Waals surface area contributed by atoms with Gasteiger partial charge in [0.1, 0.15) is 0 Å². The molecule has 3 heteroatoms. The van der Waals surface area contributed by atoms with Gasteiger partial charge in [-0.3, -0.25) is 0 Å². The maximum absolute atomic E-state index is 9.77. The lowest BCUT2D eigenvalue weighted by atomic mass is 10.0. The number of para-hydroxylation sites is 4. The molecule has 240 valence electrons. The van der Waals surface area contributed by atoms with Gasteiger partial charge in [-0.25, -0.2) is 0 Å². The van der Waals surface area contributed by atoms with Gasteiger partial charge in [0.15, 0.2) is 0 Å². The van der Waals surface area contributed by atoms with Crippen molar-refractivity contribution >= 4 is 60.7 Å². The van der Waals surface area contributed by atoms with E-state index in [1.807, 2.05) is 133 Å². The van der Waals surface area contributed by atoms with Crippen LogP contribution in [-0.4, -0.2) is 9.13 Å². The number of nitrogens with zero attached hydrogens (tertiary/aromatic N) is 3. The number of fused-ring (bicyclic) bond motifs is 7. The smallest absolute Gasteiger partial charge is 0.0788 e. The Hall–Kier alpha value is -6.84. The highest BCUT2D eigenvalue weighted by Crippen LogP contribution is 2.43. The first-order valence-electron chi connectivity index (χ1n) is 21.2. The van der Waals surface area contributed by atoms with Gasteiger partial charge in [0.05, 0.1) is 34.4 Å². The summed E-state index contributed by atoms with van der Waals surface area (Å²) in [5, 5.41) is 0.565. The van der Waals surface area contributed by atoms with Crippen molar-refractivity contribution in [3.05, 3.63) is 200 Å². The van der Waals surface area contributed by atoms with Crippen molar-refractivity contribution < 1.29 is 12.3 Å². The summed E-state index contributed by atoms with van der Waals surface area (Å²) in [6.07, 6.45) is 0. The number of anilines is 3. The Bertz CT molecular complexity index is 3290. The molecule has 2 heterocycles. The second kappa shape index (κ2) is 11.9. The number of hydrogen-bond donors (Lipinski definition) is 0. The number of aromatic nitrogens is 2. The first-order valence-corrected chi connectivity index (χ1v) is 16.7. The number of rotatable bonds is 6. The van der Waals surface area contributed by atoms with Crippen molar-refractivity contribution in [2.45, 2.75) is 0 Å². The zero-order valence-electron chi connectivity index (χ0n) is 36.2. The van der Waals surface area contributed by atoms with Crippen LogP contribution in [0.25, 0.3) is 66.1 Å². The predicted molar refractivity (Wildman–Crippen MR) is 215 cm³/mol. The highest BCUT2D eigenvalue weighted by atomic mass is 15.1. The minimum Gasteiger partial charge on any atom is -0.311 e. The van der Waals surface area contributed by atoms with Crippen LogP contribution in [-0.2, 0) is 0 Å². The SMILES string of the molecule is [2H]c1c([2H])c([2H])c2c(c1[2H])c1c([2H])c([2H])c3c4c([2H])c([2H])c(-c5ccccc5)c([2H])c4n(-c4ccccc4)c3c1n2-c1ccc(N(c2ccccc2)c2ccccc2)cc1. The molecule has 0 unspecified atom stereocenters. The molecule has 10 aromatic rings. The minimum absolute atomic E-state index is 0.0329. The van der Waals surface area contributed by atoms with E-state index in [1.54, 1.807) is 21.3 Å². The van der Waals surface area contributed by atoms with Crippen LogP contribution in [0.5, 0.6) is 0 Å². The fraction of sp³-hybridized carbons (Fsp3) is 0. The van der Waals surface area contributed by atoms with Gasteiger partial charge >= 0.3 is 0 Å². The summed E-state index contributed by atoms with van der Waals surface area (Å²) in [6.45, 7) is 0. The van der Waals surface area contributed by atoms with Crippen molar-refractivity contribution in [2.75, 3.05) is 4.90 Å². The van der Waals surface area contributed by atoms with Gasteiger partial charge in [0, 0.05) is 50.0 Å². The summed E-state index contributed by atoms with van der Waals surface area (Å²) >= 11 is 0. The highest BCUT2D eigenvalue weighted by molar-refractivity contribution is 6.24. The maximum atomic E-state index is 9.77. The molecule has 0 aliphatic heterocycles. The Labute approximate surface area is 309 Å². The summed E-state index contributed by atoms with van der Waals surface area (Å²) in [5.41, 5.74) is 5.68. The molecule has 8 aromatic carbocycles. The van der Waals surface area contributed by atoms with Gasteiger partial charge in [0.25, 0.3) is 0 Å². The molecule has 2 aromatic heterocycles. The van der Waals surface area contributed by atoms with Crippen molar-refractivity contribution in [3.63, 3.8) is 0 Å². The number of hydrogen-bond acceptors (Lipinski definition) is 1. The molecular formula is C48H33N3. The van der Waals surface area contributed by atoms with E-state index in [0.29, 0.717) is 28.0 Å². The van der Waals surface area contributed by atoms with Crippen LogP contribution in [0.2, 0.25) is 0 Å². The van der Waals surface area contributed by atoms with Crippen LogP contribution in [0.15, 0.2) is 200 Å².